The van der Waals surface area contributed by atoms with Crippen LogP contribution in [0, 0.1) is 0 Å². The van der Waals surface area contributed by atoms with E-state index in [0.29, 0.717) is 11.3 Å². The topological polar surface area (TPSA) is 81.2 Å². The third kappa shape index (κ3) is 4.44. The lowest BCUT2D eigenvalue weighted by atomic mass is 9.99. The Balaban J connectivity index is 0.00000200. The average molecular weight is 352 g/mol. The largest absolute Gasteiger partial charge is 0.467 e. The van der Waals surface area contributed by atoms with Gasteiger partial charge in [0.15, 0.2) is 0 Å². The van der Waals surface area contributed by atoms with E-state index in [2.05, 4.69) is 10.3 Å². The summed E-state index contributed by atoms with van der Waals surface area (Å²) in [6.07, 6.45) is 3.92. The fourth-order valence-corrected chi connectivity index (χ4v) is 2.55. The van der Waals surface area contributed by atoms with Crippen molar-refractivity contribution < 1.29 is 9.21 Å². The van der Waals surface area contributed by atoms with Crippen molar-refractivity contribution in [3.8, 4) is 0 Å². The van der Waals surface area contributed by atoms with Gasteiger partial charge >= 0.3 is 0 Å². The fourth-order valence-electron chi connectivity index (χ4n) is 1.72. The molecule has 0 bridgehead atoms. The van der Waals surface area contributed by atoms with E-state index in [1.165, 1.54) is 17.6 Å². The Kier molecular flexibility index (Phi) is 7.95. The third-order valence-corrected chi connectivity index (χ3v) is 4.15. The lowest BCUT2D eigenvalue weighted by Gasteiger charge is -2.27. The maximum absolute atomic E-state index is 12.2. The number of amides is 1. The van der Waals surface area contributed by atoms with Crippen molar-refractivity contribution in [2.24, 2.45) is 5.73 Å². The van der Waals surface area contributed by atoms with Gasteiger partial charge < -0.3 is 15.5 Å². The van der Waals surface area contributed by atoms with Gasteiger partial charge in [0.2, 0.25) is 0 Å². The van der Waals surface area contributed by atoms with E-state index in [9.17, 15) is 4.79 Å². The fraction of sp³-hybridized carbons (Fsp3) is 0.385. The van der Waals surface area contributed by atoms with E-state index in [4.69, 9.17) is 10.2 Å². The molecule has 21 heavy (non-hydrogen) atoms. The first-order valence-electron chi connectivity index (χ1n) is 6.09. The molecule has 3 N–H and O–H groups in total. The number of thiazole rings is 1. The SMILES string of the molecule is CCC(C)(NC(=O)c1coc(CN)c1)c1nccs1.Cl.Cl. The summed E-state index contributed by atoms with van der Waals surface area (Å²) in [5, 5.41) is 5.80. The van der Waals surface area contributed by atoms with Crippen LogP contribution in [-0.4, -0.2) is 10.9 Å². The van der Waals surface area contributed by atoms with Crippen molar-refractivity contribution in [1.82, 2.24) is 10.3 Å². The van der Waals surface area contributed by atoms with Gasteiger partial charge in [-0.3, -0.25) is 4.79 Å². The number of nitrogens with zero attached hydrogens (tertiary/aromatic N) is 1. The van der Waals surface area contributed by atoms with Crippen LogP contribution in [0.2, 0.25) is 0 Å². The van der Waals surface area contributed by atoms with Crippen LogP contribution in [0.25, 0.3) is 0 Å². The quantitative estimate of drug-likeness (QED) is 0.866. The molecule has 0 aliphatic carbocycles. The summed E-state index contributed by atoms with van der Waals surface area (Å²) in [6, 6.07) is 1.66. The van der Waals surface area contributed by atoms with Gasteiger partial charge in [-0.2, -0.15) is 0 Å². The average Bonchev–Trinajstić information content (AvgIpc) is 3.09. The molecule has 0 radical (unpaired) electrons. The first-order chi connectivity index (χ1) is 9.09. The maximum Gasteiger partial charge on any atom is 0.255 e. The van der Waals surface area contributed by atoms with E-state index >= 15 is 0 Å². The van der Waals surface area contributed by atoms with Gasteiger partial charge in [-0.05, 0) is 19.4 Å². The zero-order valence-electron chi connectivity index (χ0n) is 11.8. The second-order valence-electron chi connectivity index (χ2n) is 4.48. The normalized spacial score (nSPS) is 12.7. The number of carbonyl (C=O) groups is 1. The van der Waals surface area contributed by atoms with E-state index in [1.54, 1.807) is 12.3 Å². The Morgan fingerprint density at radius 3 is 2.71 bits per heavy atom. The first-order valence-corrected chi connectivity index (χ1v) is 6.97. The molecule has 8 heteroatoms. The maximum atomic E-state index is 12.2. The number of halogens is 2. The molecule has 2 heterocycles. The molecule has 0 aliphatic heterocycles. The van der Waals surface area contributed by atoms with E-state index < -0.39 is 5.54 Å². The van der Waals surface area contributed by atoms with Crippen molar-refractivity contribution in [2.75, 3.05) is 0 Å². The number of hydrogen-bond donors (Lipinski definition) is 2. The highest BCUT2D eigenvalue weighted by Crippen LogP contribution is 2.26. The van der Waals surface area contributed by atoms with Crippen molar-refractivity contribution >= 4 is 42.1 Å². The second kappa shape index (κ2) is 8.38. The summed E-state index contributed by atoms with van der Waals surface area (Å²) in [7, 11) is 0. The van der Waals surface area contributed by atoms with Gasteiger partial charge in [-0.25, -0.2) is 4.98 Å². The van der Waals surface area contributed by atoms with Gasteiger partial charge in [0.05, 0.1) is 17.6 Å². The van der Waals surface area contributed by atoms with Gasteiger partial charge in [0, 0.05) is 11.6 Å². The standard InChI is InChI=1S/C13H17N3O2S.2ClH/c1-3-13(2,12-15-4-5-19-12)16-11(17)9-6-10(7-14)18-8-9;;/h4-6,8H,3,7,14H2,1-2H3,(H,16,17);2*1H. The number of furan rings is 1. The molecule has 0 aromatic carbocycles. The molecule has 2 aromatic heterocycles. The highest BCUT2D eigenvalue weighted by atomic mass is 35.5. The highest BCUT2D eigenvalue weighted by Gasteiger charge is 2.30. The van der Waals surface area contributed by atoms with Crippen molar-refractivity contribution in [2.45, 2.75) is 32.4 Å². The number of rotatable bonds is 5. The Hall–Kier alpha value is -1.08. The minimum atomic E-state index is -0.467. The van der Waals surface area contributed by atoms with Gasteiger partial charge in [-0.1, -0.05) is 6.92 Å². The molecule has 5 nitrogen and oxygen atoms in total. The summed E-state index contributed by atoms with van der Waals surface area (Å²) >= 11 is 1.53. The molecule has 1 amide bonds. The number of nitrogens with one attached hydrogen (secondary N) is 1. The Labute approximate surface area is 140 Å². The molecule has 118 valence electrons. The van der Waals surface area contributed by atoms with Crippen LogP contribution in [0.15, 0.2) is 28.3 Å². The molecule has 0 saturated heterocycles. The molecular formula is C13H19Cl2N3O2S. The molecule has 1 unspecified atom stereocenters. The molecule has 0 aliphatic rings. The van der Waals surface area contributed by atoms with Crippen LogP contribution < -0.4 is 11.1 Å². The smallest absolute Gasteiger partial charge is 0.255 e. The molecule has 0 saturated carbocycles. The van der Waals surface area contributed by atoms with Crippen molar-refractivity contribution in [3.05, 3.63) is 40.2 Å². The first kappa shape index (κ1) is 19.9. The molecular weight excluding hydrogens is 333 g/mol. The number of aromatic nitrogens is 1. The third-order valence-electron chi connectivity index (χ3n) is 3.12. The molecule has 0 fully saturated rings. The summed E-state index contributed by atoms with van der Waals surface area (Å²) in [5.74, 6) is 0.417. The van der Waals surface area contributed by atoms with Crippen molar-refractivity contribution in [1.29, 1.82) is 0 Å². The number of carbonyl (C=O) groups excluding carboxylic acids is 1. The summed E-state index contributed by atoms with van der Waals surface area (Å²) in [5.41, 5.74) is 5.48. The Bertz CT molecular complexity index is 560. The van der Waals surface area contributed by atoms with Gasteiger partial charge in [-0.15, -0.1) is 36.2 Å². The van der Waals surface area contributed by atoms with E-state index in [0.717, 1.165) is 11.4 Å². The van der Waals surface area contributed by atoms with Crippen molar-refractivity contribution in [3.63, 3.8) is 0 Å². The Morgan fingerprint density at radius 1 is 1.52 bits per heavy atom. The number of nitrogens with two attached hydrogens (primary N) is 1. The minimum Gasteiger partial charge on any atom is -0.467 e. The summed E-state index contributed by atoms with van der Waals surface area (Å²) in [4.78, 5) is 16.5. The minimum absolute atomic E-state index is 0. The van der Waals surface area contributed by atoms with Crippen LogP contribution >= 0.6 is 36.2 Å². The Morgan fingerprint density at radius 2 is 2.24 bits per heavy atom. The van der Waals surface area contributed by atoms with E-state index in [-0.39, 0.29) is 37.3 Å². The predicted octanol–water partition coefficient (Wildman–Crippen LogP) is 3.09. The van der Waals surface area contributed by atoms with Crippen LogP contribution in [0.1, 0.15) is 41.4 Å². The van der Waals surface area contributed by atoms with Crippen LogP contribution in [-0.2, 0) is 12.1 Å². The van der Waals surface area contributed by atoms with E-state index in [1.807, 2.05) is 19.2 Å². The zero-order chi connectivity index (χ0) is 13.9. The van der Waals surface area contributed by atoms with Gasteiger partial charge in [0.1, 0.15) is 17.0 Å². The second-order valence-corrected chi connectivity index (χ2v) is 5.38. The monoisotopic (exact) mass is 351 g/mol. The van der Waals surface area contributed by atoms with Crippen LogP contribution in [0.4, 0.5) is 0 Å². The molecule has 0 spiro atoms. The summed E-state index contributed by atoms with van der Waals surface area (Å²) in [6.45, 7) is 4.26. The number of hydrogen-bond acceptors (Lipinski definition) is 5. The lowest BCUT2D eigenvalue weighted by Crippen LogP contribution is -2.42. The zero-order valence-corrected chi connectivity index (χ0v) is 14.2. The molecule has 1 atom stereocenters. The molecule has 2 aromatic rings. The van der Waals surface area contributed by atoms with Gasteiger partial charge in [0.25, 0.3) is 5.91 Å². The highest BCUT2D eigenvalue weighted by molar-refractivity contribution is 7.09. The lowest BCUT2D eigenvalue weighted by molar-refractivity contribution is 0.0901. The predicted molar refractivity (Wildman–Crippen MR) is 88.3 cm³/mol. The molecule has 2 rings (SSSR count). The summed E-state index contributed by atoms with van der Waals surface area (Å²) < 4.78 is 5.17. The van der Waals surface area contributed by atoms with Crippen LogP contribution in [0.5, 0.6) is 0 Å². The van der Waals surface area contributed by atoms with Crippen LogP contribution in [0.3, 0.4) is 0 Å².